The van der Waals surface area contributed by atoms with Gasteiger partial charge in [0.25, 0.3) is 0 Å². The predicted octanol–water partition coefficient (Wildman–Crippen LogP) is 5.19. The van der Waals surface area contributed by atoms with Crippen LogP contribution in [0.3, 0.4) is 0 Å². The van der Waals surface area contributed by atoms with E-state index in [1.54, 1.807) is 18.5 Å². The fourth-order valence-electron chi connectivity index (χ4n) is 2.51. The summed E-state index contributed by atoms with van der Waals surface area (Å²) in [4.78, 5) is 27.0. The molecule has 0 spiro atoms. The molecule has 2 aromatic carbocycles. The van der Waals surface area contributed by atoms with Crippen molar-refractivity contribution in [2.24, 2.45) is 0 Å². The maximum Gasteiger partial charge on any atom is 0.305 e. The van der Waals surface area contributed by atoms with E-state index in [1.807, 2.05) is 0 Å². The summed E-state index contributed by atoms with van der Waals surface area (Å²) < 4.78 is 26.9. The average Bonchev–Trinajstić information content (AvgIpc) is 2.71. The first-order chi connectivity index (χ1) is 14.3. The summed E-state index contributed by atoms with van der Waals surface area (Å²) in [6, 6.07) is 10.6. The van der Waals surface area contributed by atoms with Gasteiger partial charge >= 0.3 is 5.69 Å². The van der Waals surface area contributed by atoms with E-state index in [-0.39, 0.29) is 16.0 Å². The van der Waals surface area contributed by atoms with Crippen molar-refractivity contribution in [1.29, 1.82) is 0 Å². The number of halogens is 3. The summed E-state index contributed by atoms with van der Waals surface area (Å²) in [5, 5.41) is 14.1. The number of benzene rings is 2. The van der Waals surface area contributed by atoms with Gasteiger partial charge in [0.2, 0.25) is 5.82 Å². The van der Waals surface area contributed by atoms with Crippen molar-refractivity contribution in [3.63, 3.8) is 0 Å². The van der Waals surface area contributed by atoms with Gasteiger partial charge in [-0.2, -0.15) is 4.39 Å². The van der Waals surface area contributed by atoms with Crippen LogP contribution in [0.5, 0.6) is 0 Å². The lowest BCUT2D eigenvalue weighted by Gasteiger charge is -2.10. The van der Waals surface area contributed by atoms with Crippen molar-refractivity contribution < 1.29 is 13.7 Å². The van der Waals surface area contributed by atoms with Crippen LogP contribution >= 0.6 is 11.6 Å². The topological polar surface area (TPSA) is 101 Å². The van der Waals surface area contributed by atoms with Crippen LogP contribution in [0, 0.1) is 21.7 Å². The van der Waals surface area contributed by atoms with Crippen molar-refractivity contribution >= 4 is 39.6 Å². The van der Waals surface area contributed by atoms with Gasteiger partial charge in [-0.25, -0.2) is 4.39 Å². The Hall–Kier alpha value is -3.85. The number of pyridine rings is 2. The number of hydrogen-bond donors (Lipinski definition) is 2. The molecule has 0 radical (unpaired) electrons. The normalized spacial score (nSPS) is 10.2. The molecule has 2 N–H and O–H groups in total. The van der Waals surface area contributed by atoms with Crippen LogP contribution in [-0.2, 0) is 0 Å². The number of rotatable bonds is 3. The summed E-state index contributed by atoms with van der Waals surface area (Å²) >= 11 is 5.72. The molecule has 0 bridgehead atoms. The lowest BCUT2D eigenvalue weighted by molar-refractivity contribution is -0.387. The van der Waals surface area contributed by atoms with E-state index in [2.05, 4.69) is 15.3 Å². The Labute approximate surface area is 173 Å². The molecule has 0 atom stereocenters. The largest absolute Gasteiger partial charge is 0.367 e. The monoisotopic (exact) mass is 430 g/mol. The number of nitro groups is 1. The van der Waals surface area contributed by atoms with E-state index in [1.165, 1.54) is 36.5 Å². The molecule has 10 heteroatoms. The lowest BCUT2D eigenvalue weighted by atomic mass is 10.1. The van der Waals surface area contributed by atoms with Gasteiger partial charge < -0.3 is 10.3 Å². The molecule has 0 unspecified atom stereocenters. The summed E-state index contributed by atoms with van der Waals surface area (Å²) in [6.07, 6.45) is 4.63. The van der Waals surface area contributed by atoms with Gasteiger partial charge in [0, 0.05) is 59.6 Å². The standard InChI is InChI=1S/C15H8ClF2N3O2.C5H5NO/c16-10-5-8(1-2-11(10)17)20-13-3-4-19-14-7-12(18)15(21(22)23)6-9(13)14;7-5-1-3-6-4-2-5/h1-7H,(H,19,20);1-4H,(H,6,7). The molecular weight excluding hydrogens is 418 g/mol. The van der Waals surface area contributed by atoms with Crippen molar-refractivity contribution in [2.45, 2.75) is 0 Å². The number of aromatic nitrogens is 2. The molecule has 30 heavy (non-hydrogen) atoms. The van der Waals surface area contributed by atoms with Crippen LogP contribution in [0.15, 0.2) is 71.9 Å². The Balaban J connectivity index is 0.000000310. The second-order valence-electron chi connectivity index (χ2n) is 5.93. The Morgan fingerprint density at radius 2 is 1.77 bits per heavy atom. The Morgan fingerprint density at radius 3 is 2.37 bits per heavy atom. The number of nitrogens with zero attached hydrogens (tertiary/aromatic N) is 2. The molecule has 0 saturated carbocycles. The van der Waals surface area contributed by atoms with E-state index in [0.29, 0.717) is 16.8 Å². The van der Waals surface area contributed by atoms with Gasteiger partial charge in [0.1, 0.15) is 5.82 Å². The van der Waals surface area contributed by atoms with Gasteiger partial charge in [0.05, 0.1) is 15.5 Å². The zero-order chi connectivity index (χ0) is 21.7. The minimum absolute atomic E-state index is 0.0405. The molecule has 0 amide bonds. The molecule has 4 rings (SSSR count). The van der Waals surface area contributed by atoms with Gasteiger partial charge in [-0.3, -0.25) is 19.9 Å². The molecule has 0 aliphatic carbocycles. The zero-order valence-corrected chi connectivity index (χ0v) is 15.9. The summed E-state index contributed by atoms with van der Waals surface area (Å²) in [6.45, 7) is 0. The van der Waals surface area contributed by atoms with Crippen molar-refractivity contribution in [2.75, 3.05) is 5.32 Å². The second-order valence-corrected chi connectivity index (χ2v) is 6.33. The lowest BCUT2D eigenvalue weighted by Crippen LogP contribution is -1.97. The first-order valence-electron chi connectivity index (χ1n) is 8.43. The third-order valence-electron chi connectivity index (χ3n) is 3.89. The Kier molecular flexibility index (Phi) is 6.33. The van der Waals surface area contributed by atoms with Crippen molar-refractivity contribution in [3.8, 4) is 0 Å². The molecule has 0 saturated heterocycles. The van der Waals surface area contributed by atoms with E-state index in [9.17, 15) is 23.7 Å². The maximum absolute atomic E-state index is 13.7. The predicted molar refractivity (Wildman–Crippen MR) is 110 cm³/mol. The Bertz CT molecular complexity index is 1260. The molecule has 4 aromatic rings. The van der Waals surface area contributed by atoms with Crippen LogP contribution in [0.1, 0.15) is 0 Å². The highest BCUT2D eigenvalue weighted by Gasteiger charge is 2.17. The van der Waals surface area contributed by atoms with Gasteiger partial charge in [-0.15, -0.1) is 0 Å². The first kappa shape index (κ1) is 20.9. The highest BCUT2D eigenvalue weighted by atomic mass is 35.5. The van der Waals surface area contributed by atoms with E-state index < -0.39 is 22.2 Å². The molecule has 0 aliphatic heterocycles. The fraction of sp³-hybridized carbons (Fsp3) is 0. The maximum atomic E-state index is 13.7. The average molecular weight is 431 g/mol. The van der Waals surface area contributed by atoms with Crippen LogP contribution in [0.2, 0.25) is 5.02 Å². The number of nitrogens with one attached hydrogen (secondary N) is 2. The number of nitro benzene ring substituents is 1. The minimum Gasteiger partial charge on any atom is -0.367 e. The smallest absolute Gasteiger partial charge is 0.305 e. The summed E-state index contributed by atoms with van der Waals surface area (Å²) in [5.74, 6) is -1.52. The number of H-pyrrole nitrogens is 1. The van der Waals surface area contributed by atoms with Gasteiger partial charge in [0.15, 0.2) is 5.43 Å². The number of aromatic amines is 1. The molecule has 152 valence electrons. The summed E-state index contributed by atoms with van der Waals surface area (Å²) in [5.41, 5.74) is 0.590. The van der Waals surface area contributed by atoms with Crippen LogP contribution < -0.4 is 10.7 Å². The molecule has 0 aliphatic rings. The SMILES string of the molecule is O=[N+]([O-])c1cc2c(Nc3ccc(F)c(Cl)c3)ccnc2cc1F.O=c1cc[nH]cc1. The fourth-order valence-corrected chi connectivity index (χ4v) is 2.69. The highest BCUT2D eigenvalue weighted by molar-refractivity contribution is 6.31. The number of fused-ring (bicyclic) bond motifs is 1. The van der Waals surface area contributed by atoms with Crippen LogP contribution in [0.4, 0.5) is 25.8 Å². The number of anilines is 2. The molecule has 0 fully saturated rings. The highest BCUT2D eigenvalue weighted by Crippen LogP contribution is 2.31. The second kappa shape index (κ2) is 9.10. The third-order valence-corrected chi connectivity index (χ3v) is 4.18. The third kappa shape index (κ3) is 4.95. The van der Waals surface area contributed by atoms with Gasteiger partial charge in [-0.1, -0.05) is 11.6 Å². The molecular formula is C20H13ClF2N4O3. The molecule has 7 nitrogen and oxygen atoms in total. The van der Waals surface area contributed by atoms with E-state index >= 15 is 0 Å². The van der Waals surface area contributed by atoms with Gasteiger partial charge in [-0.05, 0) is 24.3 Å². The minimum atomic E-state index is -0.961. The van der Waals surface area contributed by atoms with Crippen LogP contribution in [-0.4, -0.2) is 14.9 Å². The molecule has 2 heterocycles. The van der Waals surface area contributed by atoms with Crippen molar-refractivity contribution in [3.05, 3.63) is 104 Å². The molecule has 2 aromatic heterocycles. The quantitative estimate of drug-likeness (QED) is 0.344. The van der Waals surface area contributed by atoms with E-state index in [0.717, 1.165) is 12.1 Å². The Morgan fingerprint density at radius 1 is 1.03 bits per heavy atom. The number of hydrogen-bond acceptors (Lipinski definition) is 5. The zero-order valence-electron chi connectivity index (χ0n) is 15.1. The van der Waals surface area contributed by atoms with Crippen molar-refractivity contribution in [1.82, 2.24) is 9.97 Å². The summed E-state index contributed by atoms with van der Waals surface area (Å²) in [7, 11) is 0. The van der Waals surface area contributed by atoms with Crippen LogP contribution in [0.25, 0.3) is 10.9 Å². The first-order valence-corrected chi connectivity index (χ1v) is 8.81. The van der Waals surface area contributed by atoms with E-state index in [4.69, 9.17) is 11.6 Å².